The number of anilines is 2. The molecular formula is C28H34ClF2N5O4. The summed E-state index contributed by atoms with van der Waals surface area (Å²) in [6.07, 6.45) is 3.43. The van der Waals surface area contributed by atoms with E-state index in [9.17, 15) is 14.0 Å². The first-order valence-electron chi connectivity index (χ1n) is 13.5. The van der Waals surface area contributed by atoms with Crippen molar-refractivity contribution in [1.29, 1.82) is 0 Å². The molecule has 1 aliphatic carbocycles. The maximum Gasteiger partial charge on any atom is 0.414 e. The van der Waals surface area contributed by atoms with Crippen LogP contribution in [0.15, 0.2) is 12.3 Å². The lowest BCUT2D eigenvalue weighted by Crippen LogP contribution is -2.36. The molecule has 9 nitrogen and oxygen atoms in total. The first-order chi connectivity index (χ1) is 18.8. The Morgan fingerprint density at radius 3 is 2.77 bits per heavy atom. The summed E-state index contributed by atoms with van der Waals surface area (Å²) in [5.41, 5.74) is 0.410. The molecule has 2 fully saturated rings. The van der Waals surface area contributed by atoms with E-state index in [1.54, 1.807) is 0 Å². The van der Waals surface area contributed by atoms with Crippen molar-refractivity contribution in [2.45, 2.75) is 65.0 Å². The number of H-pyrrole nitrogens is 1. The lowest BCUT2D eigenvalue weighted by atomic mass is 10.1. The number of rotatable bonds is 6. The Bertz CT molecular complexity index is 1490. The number of hydrogen-bond donors (Lipinski definition) is 2. The third-order valence-electron chi connectivity index (χ3n) is 7.64. The zero-order chi connectivity index (χ0) is 29.0. The second kappa shape index (κ2) is 10.2. The number of carbonyl (C=O) groups excluding carboxylic acids is 2. The van der Waals surface area contributed by atoms with Gasteiger partial charge >= 0.3 is 12.2 Å². The zero-order valence-corrected chi connectivity index (χ0v) is 24.0. The number of fused-ring (bicyclic) bond motifs is 3. The summed E-state index contributed by atoms with van der Waals surface area (Å²) >= 11 is 6.65. The number of benzene rings is 1. The number of nitrogens with one attached hydrogen (secondary N) is 2. The van der Waals surface area contributed by atoms with Crippen molar-refractivity contribution in [3.8, 4) is 0 Å². The molecule has 0 radical (unpaired) electrons. The van der Waals surface area contributed by atoms with Crippen LogP contribution in [0, 0.1) is 17.0 Å². The van der Waals surface area contributed by atoms with Crippen molar-refractivity contribution < 1.29 is 27.8 Å². The first kappa shape index (κ1) is 28.2. The van der Waals surface area contributed by atoms with Crippen LogP contribution in [0.4, 0.5) is 29.7 Å². The number of ether oxygens (including phenoxy) is 2. The molecule has 0 bridgehead atoms. The van der Waals surface area contributed by atoms with Gasteiger partial charge in [-0.1, -0.05) is 24.9 Å². The summed E-state index contributed by atoms with van der Waals surface area (Å²) in [4.78, 5) is 35.6. The van der Waals surface area contributed by atoms with E-state index in [4.69, 9.17) is 21.1 Å². The molecule has 2 amide bonds. The maximum atomic E-state index is 15.5. The summed E-state index contributed by atoms with van der Waals surface area (Å²) in [5.74, 6) is -2.17. The summed E-state index contributed by atoms with van der Waals surface area (Å²) in [6, 6.07) is 0.914. The summed E-state index contributed by atoms with van der Waals surface area (Å²) < 4.78 is 41.2. The highest BCUT2D eigenvalue weighted by atomic mass is 35.5. The molecule has 3 aromatic rings. The standard InChI is InChI=1S/C28H34ClF2N5O4/c1-6-7-10-39-26(38)35(5)17-11-16(30)21(31)19-20-23(15(29)13-32-24(20)34-22(17)19)36-9-8-28(14-36)12-18(28)33-25(37)40-27(2,3)4/h11,13,18H,6-10,12,14H2,1-5H3,(H,32,34)(H,33,37). The highest BCUT2D eigenvalue weighted by Gasteiger charge is 2.58. The first-order valence-corrected chi connectivity index (χ1v) is 13.9. The van der Waals surface area contributed by atoms with Gasteiger partial charge in [-0.3, -0.25) is 4.90 Å². The molecule has 5 rings (SSSR count). The molecule has 2 N–H and O–H groups in total. The normalized spacial score (nSPS) is 20.4. The average Bonchev–Trinajstić information content (AvgIpc) is 3.19. The van der Waals surface area contributed by atoms with Crippen LogP contribution in [0.2, 0.25) is 5.02 Å². The highest BCUT2D eigenvalue weighted by Crippen LogP contribution is 2.55. The Kier molecular flexibility index (Phi) is 7.22. The minimum Gasteiger partial charge on any atom is -0.449 e. The van der Waals surface area contributed by atoms with Gasteiger partial charge < -0.3 is 24.7 Å². The zero-order valence-electron chi connectivity index (χ0n) is 23.3. The summed E-state index contributed by atoms with van der Waals surface area (Å²) in [7, 11) is 1.45. The van der Waals surface area contributed by atoms with Crippen LogP contribution in [0.3, 0.4) is 0 Å². The fraction of sp³-hybridized carbons (Fsp3) is 0.536. The average molecular weight is 578 g/mol. The van der Waals surface area contributed by atoms with Crippen molar-refractivity contribution >= 4 is 57.1 Å². The molecule has 1 saturated carbocycles. The Balaban J connectivity index is 1.49. The van der Waals surface area contributed by atoms with E-state index in [2.05, 4.69) is 15.3 Å². The lowest BCUT2D eigenvalue weighted by Gasteiger charge is -2.22. The largest absolute Gasteiger partial charge is 0.449 e. The molecule has 216 valence electrons. The summed E-state index contributed by atoms with van der Waals surface area (Å²) in [5, 5.41) is 3.55. The Hall–Kier alpha value is -3.34. The maximum absolute atomic E-state index is 15.5. The molecule has 40 heavy (non-hydrogen) atoms. The molecule has 2 atom stereocenters. The predicted octanol–water partition coefficient (Wildman–Crippen LogP) is 6.51. The summed E-state index contributed by atoms with van der Waals surface area (Å²) in [6.45, 7) is 8.79. The van der Waals surface area contributed by atoms with Gasteiger partial charge in [-0.25, -0.2) is 23.4 Å². The number of aromatic amines is 1. The van der Waals surface area contributed by atoms with Crippen molar-refractivity contribution in [1.82, 2.24) is 15.3 Å². The number of unbranched alkanes of at least 4 members (excludes halogenated alkanes) is 1. The minimum atomic E-state index is -1.11. The number of halogens is 3. The van der Waals surface area contributed by atoms with Crippen LogP contribution in [0.5, 0.6) is 0 Å². The number of hydrogen-bond acceptors (Lipinski definition) is 6. The topological polar surface area (TPSA) is 99.8 Å². The van der Waals surface area contributed by atoms with Crippen molar-refractivity contribution in [2.24, 2.45) is 5.41 Å². The van der Waals surface area contributed by atoms with Crippen LogP contribution >= 0.6 is 11.6 Å². The quantitative estimate of drug-likeness (QED) is 0.324. The SMILES string of the molecule is CCCCOC(=O)N(C)c1cc(F)c(F)c2c1[nH]c1ncc(Cl)c(N3CCC4(CC4NC(=O)OC(C)(C)C)C3)c12. The van der Waals surface area contributed by atoms with Crippen LogP contribution in [0.25, 0.3) is 21.9 Å². The molecule has 2 aliphatic rings. The van der Waals surface area contributed by atoms with Crippen LogP contribution in [-0.2, 0) is 9.47 Å². The number of alkyl carbamates (subject to hydrolysis) is 1. The van der Waals surface area contributed by atoms with Crippen LogP contribution in [-0.4, -0.2) is 60.5 Å². The van der Waals surface area contributed by atoms with Gasteiger partial charge in [0.25, 0.3) is 0 Å². The fourth-order valence-corrected chi connectivity index (χ4v) is 5.78. The van der Waals surface area contributed by atoms with Gasteiger partial charge in [-0.15, -0.1) is 0 Å². The van der Waals surface area contributed by atoms with Crippen molar-refractivity contribution in [2.75, 3.05) is 36.5 Å². The number of aromatic nitrogens is 2. The van der Waals surface area contributed by atoms with E-state index in [-0.39, 0.29) is 34.7 Å². The van der Waals surface area contributed by atoms with Crippen LogP contribution < -0.4 is 15.1 Å². The number of carbonyl (C=O) groups is 2. The second-order valence-corrected chi connectivity index (χ2v) is 12.1. The smallest absolute Gasteiger partial charge is 0.414 e. The molecular weight excluding hydrogens is 544 g/mol. The van der Waals surface area contributed by atoms with Gasteiger partial charge in [0.1, 0.15) is 11.2 Å². The molecule has 1 aromatic carbocycles. The predicted molar refractivity (Wildman–Crippen MR) is 150 cm³/mol. The molecule has 1 spiro atoms. The number of pyridine rings is 1. The van der Waals surface area contributed by atoms with E-state index in [1.165, 1.54) is 13.2 Å². The molecule has 1 saturated heterocycles. The van der Waals surface area contributed by atoms with E-state index >= 15 is 4.39 Å². The third kappa shape index (κ3) is 5.11. The fourth-order valence-electron chi connectivity index (χ4n) is 5.51. The van der Waals surface area contributed by atoms with Gasteiger partial charge in [0.15, 0.2) is 11.6 Å². The van der Waals surface area contributed by atoms with E-state index in [0.717, 1.165) is 30.2 Å². The molecule has 12 heteroatoms. The van der Waals surface area contributed by atoms with E-state index in [1.807, 2.05) is 32.6 Å². The van der Waals surface area contributed by atoms with Crippen molar-refractivity contribution in [3.63, 3.8) is 0 Å². The highest BCUT2D eigenvalue weighted by molar-refractivity contribution is 6.36. The Morgan fingerprint density at radius 2 is 2.08 bits per heavy atom. The molecule has 3 heterocycles. The molecule has 2 unspecified atom stereocenters. The third-order valence-corrected chi connectivity index (χ3v) is 7.92. The van der Waals surface area contributed by atoms with Crippen LogP contribution in [0.1, 0.15) is 53.4 Å². The Labute approximate surface area is 236 Å². The molecule has 2 aromatic heterocycles. The number of amides is 2. The minimum absolute atomic E-state index is 0.0385. The second-order valence-electron chi connectivity index (χ2n) is 11.7. The lowest BCUT2D eigenvalue weighted by molar-refractivity contribution is 0.0516. The van der Waals surface area contributed by atoms with Gasteiger partial charge in [0.2, 0.25) is 0 Å². The van der Waals surface area contributed by atoms with E-state index in [0.29, 0.717) is 41.3 Å². The molecule has 1 aliphatic heterocycles. The Morgan fingerprint density at radius 1 is 1.32 bits per heavy atom. The monoisotopic (exact) mass is 577 g/mol. The van der Waals surface area contributed by atoms with E-state index < -0.39 is 29.4 Å². The van der Waals surface area contributed by atoms with Gasteiger partial charge in [-0.05, 0) is 40.0 Å². The number of nitrogens with zero attached hydrogens (tertiary/aromatic N) is 3. The van der Waals surface area contributed by atoms with Crippen molar-refractivity contribution in [3.05, 3.63) is 28.9 Å². The van der Waals surface area contributed by atoms with Gasteiger partial charge in [0.05, 0.1) is 45.5 Å². The van der Waals surface area contributed by atoms with Gasteiger partial charge in [0, 0.05) is 37.7 Å². The van der Waals surface area contributed by atoms with Gasteiger partial charge in [-0.2, -0.15) is 0 Å².